The van der Waals surface area contributed by atoms with Gasteiger partial charge in [-0.2, -0.15) is 0 Å². The van der Waals surface area contributed by atoms with E-state index in [1.54, 1.807) is 7.11 Å². The van der Waals surface area contributed by atoms with E-state index in [2.05, 4.69) is 10.6 Å². The average molecular weight is 299 g/mol. The molecule has 1 atom stereocenters. The first-order valence-corrected chi connectivity index (χ1v) is 6.88. The Morgan fingerprint density at radius 2 is 2.15 bits per heavy atom. The third kappa shape index (κ3) is 5.39. The number of rotatable bonds is 6. The maximum Gasteiger partial charge on any atom is 0.224 e. The van der Waals surface area contributed by atoms with Gasteiger partial charge in [0, 0.05) is 6.54 Å². The van der Waals surface area contributed by atoms with Crippen molar-refractivity contribution >= 4 is 18.3 Å². The molecule has 4 nitrogen and oxygen atoms in total. The lowest BCUT2D eigenvalue weighted by molar-refractivity contribution is -0.120. The summed E-state index contributed by atoms with van der Waals surface area (Å²) >= 11 is 0. The quantitative estimate of drug-likeness (QED) is 0.842. The second-order valence-electron chi connectivity index (χ2n) is 5.02. The molecule has 2 N–H and O–H groups in total. The maximum absolute atomic E-state index is 11.8. The molecule has 5 heteroatoms. The standard InChI is InChI=1S/C15H22N2O2.ClH/c1-19-14-4-2-12(3-5-14)10-15(18)17-9-7-13-6-8-16-11-13;/h2-5,13,16H,6-11H2,1H3,(H,17,18);1H. The summed E-state index contributed by atoms with van der Waals surface area (Å²) in [4.78, 5) is 11.8. The van der Waals surface area contributed by atoms with Crippen LogP contribution < -0.4 is 15.4 Å². The molecule has 0 aromatic heterocycles. The Bertz CT molecular complexity index is 403. The molecule has 0 saturated carbocycles. The highest BCUT2D eigenvalue weighted by molar-refractivity contribution is 5.85. The van der Waals surface area contributed by atoms with Gasteiger partial charge in [0.05, 0.1) is 13.5 Å². The molecule has 0 radical (unpaired) electrons. The fourth-order valence-corrected chi connectivity index (χ4v) is 2.37. The average Bonchev–Trinajstić information content (AvgIpc) is 2.93. The Labute approximate surface area is 126 Å². The lowest BCUT2D eigenvalue weighted by Crippen LogP contribution is -2.27. The van der Waals surface area contributed by atoms with Crippen molar-refractivity contribution in [2.24, 2.45) is 5.92 Å². The normalized spacial score (nSPS) is 17.4. The number of methoxy groups -OCH3 is 1. The van der Waals surface area contributed by atoms with Crippen LogP contribution in [0, 0.1) is 5.92 Å². The summed E-state index contributed by atoms with van der Waals surface area (Å²) in [5.74, 6) is 1.63. The van der Waals surface area contributed by atoms with Crippen molar-refractivity contribution in [3.63, 3.8) is 0 Å². The van der Waals surface area contributed by atoms with Crippen LogP contribution in [0.15, 0.2) is 24.3 Å². The van der Waals surface area contributed by atoms with Gasteiger partial charge in [-0.05, 0) is 49.5 Å². The van der Waals surface area contributed by atoms with Crippen LogP contribution >= 0.6 is 12.4 Å². The highest BCUT2D eigenvalue weighted by Crippen LogP contribution is 2.12. The molecule has 112 valence electrons. The van der Waals surface area contributed by atoms with Gasteiger partial charge in [-0.1, -0.05) is 12.1 Å². The predicted molar refractivity (Wildman–Crippen MR) is 82.5 cm³/mol. The summed E-state index contributed by atoms with van der Waals surface area (Å²) in [6, 6.07) is 7.62. The Morgan fingerprint density at radius 1 is 1.40 bits per heavy atom. The smallest absolute Gasteiger partial charge is 0.224 e. The van der Waals surface area contributed by atoms with Crippen molar-refractivity contribution in [2.45, 2.75) is 19.3 Å². The van der Waals surface area contributed by atoms with Gasteiger partial charge in [0.25, 0.3) is 0 Å². The Hall–Kier alpha value is -1.26. The number of hydrogen-bond donors (Lipinski definition) is 2. The van der Waals surface area contributed by atoms with E-state index in [0.29, 0.717) is 6.42 Å². The van der Waals surface area contributed by atoms with E-state index in [-0.39, 0.29) is 18.3 Å². The molecule has 1 aliphatic rings. The molecule has 0 bridgehead atoms. The van der Waals surface area contributed by atoms with Gasteiger partial charge in [-0.3, -0.25) is 4.79 Å². The summed E-state index contributed by atoms with van der Waals surface area (Å²) in [6.07, 6.45) is 2.74. The van der Waals surface area contributed by atoms with Gasteiger partial charge in [0.1, 0.15) is 5.75 Å². The van der Waals surface area contributed by atoms with Crippen LogP contribution in [-0.4, -0.2) is 32.7 Å². The van der Waals surface area contributed by atoms with Crippen molar-refractivity contribution in [1.82, 2.24) is 10.6 Å². The van der Waals surface area contributed by atoms with Gasteiger partial charge in [-0.25, -0.2) is 0 Å². The minimum absolute atomic E-state index is 0. The van der Waals surface area contributed by atoms with Crippen LogP contribution in [0.4, 0.5) is 0 Å². The minimum Gasteiger partial charge on any atom is -0.497 e. The third-order valence-electron chi connectivity index (χ3n) is 3.56. The SMILES string of the molecule is COc1ccc(CC(=O)NCCC2CCNC2)cc1.Cl. The van der Waals surface area contributed by atoms with E-state index in [1.165, 1.54) is 6.42 Å². The van der Waals surface area contributed by atoms with Gasteiger partial charge in [0.2, 0.25) is 5.91 Å². The van der Waals surface area contributed by atoms with Crippen LogP contribution in [0.25, 0.3) is 0 Å². The molecular weight excluding hydrogens is 276 g/mol. The van der Waals surface area contributed by atoms with Gasteiger partial charge in [0.15, 0.2) is 0 Å². The zero-order valence-corrected chi connectivity index (χ0v) is 12.7. The number of carbonyl (C=O) groups is 1. The second-order valence-corrected chi connectivity index (χ2v) is 5.02. The van der Waals surface area contributed by atoms with E-state index in [0.717, 1.165) is 43.3 Å². The van der Waals surface area contributed by atoms with Crippen molar-refractivity contribution < 1.29 is 9.53 Å². The van der Waals surface area contributed by atoms with E-state index in [9.17, 15) is 4.79 Å². The molecule has 1 unspecified atom stereocenters. The highest BCUT2D eigenvalue weighted by Gasteiger charge is 2.14. The molecule has 1 amide bonds. The van der Waals surface area contributed by atoms with Crippen molar-refractivity contribution in [2.75, 3.05) is 26.7 Å². The number of halogens is 1. The van der Waals surface area contributed by atoms with E-state index >= 15 is 0 Å². The first-order chi connectivity index (χ1) is 9.28. The molecule has 20 heavy (non-hydrogen) atoms. The summed E-state index contributed by atoms with van der Waals surface area (Å²) in [6.45, 7) is 2.99. The Kier molecular flexibility index (Phi) is 7.41. The van der Waals surface area contributed by atoms with Crippen LogP contribution in [0.5, 0.6) is 5.75 Å². The third-order valence-corrected chi connectivity index (χ3v) is 3.56. The summed E-state index contributed by atoms with van der Waals surface area (Å²) in [5, 5.41) is 6.33. The molecule has 1 heterocycles. The zero-order chi connectivity index (χ0) is 13.5. The summed E-state index contributed by atoms with van der Waals surface area (Å²) in [7, 11) is 1.64. The molecule has 0 aliphatic carbocycles. The first-order valence-electron chi connectivity index (χ1n) is 6.88. The lowest BCUT2D eigenvalue weighted by Gasteiger charge is -2.09. The number of nitrogens with one attached hydrogen (secondary N) is 2. The monoisotopic (exact) mass is 298 g/mol. The molecule has 0 spiro atoms. The summed E-state index contributed by atoms with van der Waals surface area (Å²) in [5.41, 5.74) is 1.01. The van der Waals surface area contributed by atoms with Crippen molar-refractivity contribution in [3.05, 3.63) is 29.8 Å². The molecule has 1 aromatic carbocycles. The molecule has 1 fully saturated rings. The highest BCUT2D eigenvalue weighted by atomic mass is 35.5. The van der Waals surface area contributed by atoms with E-state index in [1.807, 2.05) is 24.3 Å². The van der Waals surface area contributed by atoms with Crippen molar-refractivity contribution in [1.29, 1.82) is 0 Å². The van der Waals surface area contributed by atoms with Crippen LogP contribution in [0.3, 0.4) is 0 Å². The fraction of sp³-hybridized carbons (Fsp3) is 0.533. The number of hydrogen-bond acceptors (Lipinski definition) is 3. The van der Waals surface area contributed by atoms with E-state index in [4.69, 9.17) is 4.74 Å². The molecular formula is C15H23ClN2O2. The Balaban J connectivity index is 0.00000200. The zero-order valence-electron chi connectivity index (χ0n) is 11.9. The molecule has 1 saturated heterocycles. The minimum atomic E-state index is 0. The van der Waals surface area contributed by atoms with Gasteiger partial charge >= 0.3 is 0 Å². The van der Waals surface area contributed by atoms with Gasteiger partial charge < -0.3 is 15.4 Å². The topological polar surface area (TPSA) is 50.4 Å². The first kappa shape index (κ1) is 16.8. The maximum atomic E-state index is 11.8. The molecule has 2 rings (SSSR count). The number of ether oxygens (including phenoxy) is 1. The number of benzene rings is 1. The number of carbonyl (C=O) groups excluding carboxylic acids is 1. The van der Waals surface area contributed by atoms with Crippen molar-refractivity contribution in [3.8, 4) is 5.75 Å². The number of amides is 1. The van der Waals surface area contributed by atoms with Crippen LogP contribution in [-0.2, 0) is 11.2 Å². The predicted octanol–water partition coefficient (Wildman–Crippen LogP) is 1.78. The van der Waals surface area contributed by atoms with Crippen LogP contribution in [0.2, 0.25) is 0 Å². The largest absolute Gasteiger partial charge is 0.497 e. The lowest BCUT2D eigenvalue weighted by atomic mass is 10.1. The Morgan fingerprint density at radius 3 is 2.75 bits per heavy atom. The molecule has 1 aliphatic heterocycles. The van der Waals surface area contributed by atoms with Crippen LogP contribution in [0.1, 0.15) is 18.4 Å². The van der Waals surface area contributed by atoms with Gasteiger partial charge in [-0.15, -0.1) is 12.4 Å². The summed E-state index contributed by atoms with van der Waals surface area (Å²) < 4.78 is 5.09. The van der Waals surface area contributed by atoms with E-state index < -0.39 is 0 Å². The fourth-order valence-electron chi connectivity index (χ4n) is 2.37. The second kappa shape index (κ2) is 8.82. The molecule has 1 aromatic rings.